The highest BCUT2D eigenvalue weighted by Crippen LogP contribution is 2.37. The predicted molar refractivity (Wildman–Crippen MR) is 96.4 cm³/mol. The Morgan fingerprint density at radius 1 is 1.00 bits per heavy atom. The topological polar surface area (TPSA) is 73.6 Å². The van der Waals surface area contributed by atoms with Crippen molar-refractivity contribution in [2.45, 2.75) is 6.92 Å². The molecule has 0 bridgehead atoms. The first-order chi connectivity index (χ1) is 11.7. The van der Waals surface area contributed by atoms with E-state index in [2.05, 4.69) is 20.2 Å². The monoisotopic (exact) mass is 334 g/mol. The number of nitrogens with zero attached hydrogens (tertiary/aromatic N) is 3. The van der Waals surface area contributed by atoms with Crippen LogP contribution in [0.15, 0.2) is 64.8 Å². The van der Waals surface area contributed by atoms with Gasteiger partial charge in [-0.2, -0.15) is 0 Å². The summed E-state index contributed by atoms with van der Waals surface area (Å²) in [6.07, 6.45) is 0. The zero-order valence-electron chi connectivity index (χ0n) is 12.9. The summed E-state index contributed by atoms with van der Waals surface area (Å²) in [5.41, 5.74) is 3.23. The third-order valence-electron chi connectivity index (χ3n) is 3.73. The van der Waals surface area contributed by atoms with Gasteiger partial charge in [0.15, 0.2) is 5.69 Å². The van der Waals surface area contributed by atoms with Gasteiger partial charge in [0.1, 0.15) is 0 Å². The molecule has 0 radical (unpaired) electrons. The Morgan fingerprint density at radius 2 is 1.75 bits per heavy atom. The Bertz CT molecular complexity index is 1030. The fraction of sp³-hybridized carbons (Fsp3) is 0.0556. The molecule has 0 aliphatic carbocycles. The summed E-state index contributed by atoms with van der Waals surface area (Å²) in [5, 5.41) is 19.8. The Kier molecular flexibility index (Phi) is 3.59. The zero-order chi connectivity index (χ0) is 16.5. The number of benzene rings is 2. The summed E-state index contributed by atoms with van der Waals surface area (Å²) in [5.74, 6) is 0.0107. The zero-order valence-corrected chi connectivity index (χ0v) is 13.7. The minimum Gasteiger partial charge on any atom is -0.493 e. The van der Waals surface area contributed by atoms with Crippen molar-refractivity contribution < 1.29 is 5.11 Å². The van der Waals surface area contributed by atoms with E-state index in [1.165, 1.54) is 11.3 Å². The molecule has 0 aliphatic heterocycles. The molecular weight excluding hydrogens is 320 g/mol. The number of thiazole rings is 1. The van der Waals surface area contributed by atoms with Crippen LogP contribution in [0, 0.1) is 6.92 Å². The van der Waals surface area contributed by atoms with E-state index < -0.39 is 0 Å². The molecule has 0 unspecified atom stereocenters. The second-order valence-corrected chi connectivity index (χ2v) is 6.52. The first-order valence-corrected chi connectivity index (χ1v) is 8.28. The van der Waals surface area contributed by atoms with Crippen LogP contribution in [-0.4, -0.2) is 15.1 Å². The number of aromatic hydroxyl groups is 1. The second kappa shape index (κ2) is 5.90. The van der Waals surface area contributed by atoms with Crippen LogP contribution in [0.1, 0.15) is 4.88 Å². The first-order valence-electron chi connectivity index (χ1n) is 7.46. The SMILES string of the molecule is Cc1sc(/N=N/c2c(O)[nH]c3ccccc23)nc1-c1ccccc1. The summed E-state index contributed by atoms with van der Waals surface area (Å²) >= 11 is 1.48. The summed E-state index contributed by atoms with van der Waals surface area (Å²) in [6, 6.07) is 17.6. The smallest absolute Gasteiger partial charge is 0.230 e. The molecule has 2 heterocycles. The number of fused-ring (bicyclic) bond motifs is 1. The second-order valence-electron chi connectivity index (χ2n) is 5.34. The van der Waals surface area contributed by atoms with E-state index in [0.717, 1.165) is 27.0 Å². The van der Waals surface area contributed by atoms with Crippen molar-refractivity contribution in [3.05, 3.63) is 59.5 Å². The number of para-hydroxylation sites is 1. The van der Waals surface area contributed by atoms with E-state index in [4.69, 9.17) is 0 Å². The Balaban J connectivity index is 1.71. The molecule has 2 aromatic carbocycles. The molecule has 0 spiro atoms. The average Bonchev–Trinajstić information content (AvgIpc) is 3.13. The van der Waals surface area contributed by atoms with Gasteiger partial charge in [0.25, 0.3) is 0 Å². The predicted octanol–water partition coefficient (Wildman–Crippen LogP) is 5.72. The normalized spacial score (nSPS) is 11.5. The van der Waals surface area contributed by atoms with Crippen molar-refractivity contribution in [1.82, 2.24) is 9.97 Å². The number of hydrogen-bond donors (Lipinski definition) is 2. The quantitative estimate of drug-likeness (QED) is 0.470. The third-order valence-corrected chi connectivity index (χ3v) is 4.58. The lowest BCUT2D eigenvalue weighted by Gasteiger charge is -1.96. The standard InChI is InChI=1S/C18H14N4OS/c1-11-15(12-7-3-2-4-8-12)20-18(24-11)22-21-16-13-9-5-6-10-14(13)19-17(16)23/h2-10,19,23H,1H3/b22-21+. The van der Waals surface area contributed by atoms with Gasteiger partial charge in [0.2, 0.25) is 11.0 Å². The van der Waals surface area contributed by atoms with Crippen LogP contribution < -0.4 is 0 Å². The number of H-pyrrole nitrogens is 1. The Morgan fingerprint density at radius 3 is 2.58 bits per heavy atom. The van der Waals surface area contributed by atoms with Gasteiger partial charge in [0.05, 0.1) is 11.2 Å². The summed E-state index contributed by atoms with van der Waals surface area (Å²) in [4.78, 5) is 8.53. The van der Waals surface area contributed by atoms with Crippen LogP contribution in [0.4, 0.5) is 10.8 Å². The van der Waals surface area contributed by atoms with Crippen LogP contribution >= 0.6 is 11.3 Å². The fourth-order valence-corrected chi connectivity index (χ4v) is 3.35. The van der Waals surface area contributed by atoms with Crippen LogP contribution in [-0.2, 0) is 0 Å². The summed E-state index contributed by atoms with van der Waals surface area (Å²) < 4.78 is 0. The molecule has 4 rings (SSSR count). The molecule has 0 saturated carbocycles. The van der Waals surface area contributed by atoms with Crippen molar-refractivity contribution in [1.29, 1.82) is 0 Å². The van der Waals surface area contributed by atoms with Crippen molar-refractivity contribution in [2.75, 3.05) is 0 Å². The lowest BCUT2D eigenvalue weighted by molar-refractivity contribution is 0.459. The molecule has 0 amide bonds. The minimum atomic E-state index is 0.0107. The van der Waals surface area contributed by atoms with Gasteiger partial charge in [0, 0.05) is 15.8 Å². The molecule has 2 N–H and O–H groups in total. The van der Waals surface area contributed by atoms with E-state index in [-0.39, 0.29) is 5.88 Å². The van der Waals surface area contributed by atoms with Crippen molar-refractivity contribution >= 4 is 33.1 Å². The maximum absolute atomic E-state index is 10.0. The van der Waals surface area contributed by atoms with E-state index in [0.29, 0.717) is 10.8 Å². The molecule has 2 aromatic heterocycles. The molecule has 4 aromatic rings. The average molecular weight is 334 g/mol. The maximum atomic E-state index is 10.0. The van der Waals surface area contributed by atoms with Crippen molar-refractivity contribution in [2.24, 2.45) is 10.2 Å². The number of aromatic amines is 1. The van der Waals surface area contributed by atoms with Gasteiger partial charge in [-0.3, -0.25) is 0 Å². The highest BCUT2D eigenvalue weighted by molar-refractivity contribution is 7.15. The van der Waals surface area contributed by atoms with E-state index in [1.54, 1.807) is 0 Å². The highest BCUT2D eigenvalue weighted by atomic mass is 32.1. The first kappa shape index (κ1) is 14.6. The van der Waals surface area contributed by atoms with Crippen molar-refractivity contribution in [3.8, 4) is 17.1 Å². The Hall–Kier alpha value is -2.99. The molecule has 0 atom stereocenters. The number of aryl methyl sites for hydroxylation is 1. The highest BCUT2D eigenvalue weighted by Gasteiger charge is 2.12. The molecule has 6 heteroatoms. The molecule has 118 valence electrons. The van der Waals surface area contributed by atoms with Gasteiger partial charge >= 0.3 is 0 Å². The van der Waals surface area contributed by atoms with Crippen molar-refractivity contribution in [3.63, 3.8) is 0 Å². The third kappa shape index (κ3) is 2.57. The molecule has 24 heavy (non-hydrogen) atoms. The van der Waals surface area contributed by atoms with E-state index in [9.17, 15) is 5.11 Å². The number of azo groups is 1. The van der Waals surface area contributed by atoms with Crippen LogP contribution in [0.5, 0.6) is 5.88 Å². The summed E-state index contributed by atoms with van der Waals surface area (Å²) in [7, 11) is 0. The molecular formula is C18H14N4OS. The van der Waals surface area contributed by atoms with Gasteiger partial charge in [-0.1, -0.05) is 59.9 Å². The van der Waals surface area contributed by atoms with Crippen LogP contribution in [0.25, 0.3) is 22.2 Å². The van der Waals surface area contributed by atoms with Gasteiger partial charge in [-0.15, -0.1) is 10.2 Å². The summed E-state index contributed by atoms with van der Waals surface area (Å²) in [6.45, 7) is 2.02. The van der Waals surface area contributed by atoms with Gasteiger partial charge < -0.3 is 10.1 Å². The molecule has 0 saturated heterocycles. The number of rotatable bonds is 3. The van der Waals surface area contributed by atoms with E-state index >= 15 is 0 Å². The van der Waals surface area contributed by atoms with Gasteiger partial charge in [-0.05, 0) is 13.0 Å². The van der Waals surface area contributed by atoms with Crippen LogP contribution in [0.3, 0.4) is 0 Å². The minimum absolute atomic E-state index is 0.0107. The van der Waals surface area contributed by atoms with Gasteiger partial charge in [-0.25, -0.2) is 4.98 Å². The van der Waals surface area contributed by atoms with E-state index in [1.807, 2.05) is 61.5 Å². The Labute approximate surface area is 142 Å². The fourth-order valence-electron chi connectivity index (χ4n) is 2.60. The van der Waals surface area contributed by atoms with Crippen LogP contribution in [0.2, 0.25) is 0 Å². The molecule has 0 aliphatic rings. The lowest BCUT2D eigenvalue weighted by atomic mass is 10.1. The molecule has 0 fully saturated rings. The molecule has 5 nitrogen and oxygen atoms in total. The lowest BCUT2D eigenvalue weighted by Crippen LogP contribution is -1.78. The number of hydrogen-bond acceptors (Lipinski definition) is 5. The maximum Gasteiger partial charge on any atom is 0.230 e. The number of aromatic nitrogens is 2. The number of nitrogens with one attached hydrogen (secondary N) is 1. The largest absolute Gasteiger partial charge is 0.493 e.